The quantitative estimate of drug-likeness (QED) is 0.829. The SMILES string of the molecule is NCc1cc(C(F)(F)F)ccc1Oc1ccc(Cl)c(Cl)c1. The van der Waals surface area contributed by atoms with Crippen molar-refractivity contribution in [1.29, 1.82) is 0 Å². The Morgan fingerprint density at radius 1 is 1.00 bits per heavy atom. The summed E-state index contributed by atoms with van der Waals surface area (Å²) < 4.78 is 43.5. The van der Waals surface area contributed by atoms with Crippen molar-refractivity contribution in [1.82, 2.24) is 0 Å². The number of benzene rings is 2. The topological polar surface area (TPSA) is 35.2 Å². The number of nitrogens with two attached hydrogens (primary N) is 1. The largest absolute Gasteiger partial charge is 0.457 e. The van der Waals surface area contributed by atoms with Gasteiger partial charge in [-0.3, -0.25) is 0 Å². The van der Waals surface area contributed by atoms with E-state index in [2.05, 4.69) is 0 Å². The van der Waals surface area contributed by atoms with Gasteiger partial charge in [0.1, 0.15) is 11.5 Å². The second kappa shape index (κ2) is 6.13. The first-order chi connectivity index (χ1) is 9.81. The average molecular weight is 336 g/mol. The Bertz CT molecular complexity index is 659. The number of hydrogen-bond donors (Lipinski definition) is 1. The summed E-state index contributed by atoms with van der Waals surface area (Å²) in [6.45, 7) is -0.0828. The monoisotopic (exact) mass is 335 g/mol. The van der Waals surface area contributed by atoms with Crippen LogP contribution in [-0.2, 0) is 12.7 Å². The molecule has 7 heteroatoms. The Morgan fingerprint density at radius 2 is 1.71 bits per heavy atom. The van der Waals surface area contributed by atoms with Crippen LogP contribution in [0.2, 0.25) is 10.0 Å². The van der Waals surface area contributed by atoms with Crippen LogP contribution in [0.25, 0.3) is 0 Å². The van der Waals surface area contributed by atoms with Crippen molar-refractivity contribution >= 4 is 23.2 Å². The van der Waals surface area contributed by atoms with E-state index in [4.69, 9.17) is 33.7 Å². The summed E-state index contributed by atoms with van der Waals surface area (Å²) in [6.07, 6.45) is -4.42. The number of rotatable bonds is 3. The molecular weight excluding hydrogens is 326 g/mol. The Balaban J connectivity index is 2.33. The molecule has 2 aromatic carbocycles. The Labute approximate surface area is 129 Å². The molecule has 0 fully saturated rings. The van der Waals surface area contributed by atoms with Crippen molar-refractivity contribution in [3.8, 4) is 11.5 Å². The van der Waals surface area contributed by atoms with Gasteiger partial charge in [-0.25, -0.2) is 0 Å². The number of hydrogen-bond acceptors (Lipinski definition) is 2. The van der Waals surface area contributed by atoms with Crippen molar-refractivity contribution in [3.05, 3.63) is 57.6 Å². The van der Waals surface area contributed by atoms with Crippen LogP contribution in [0.15, 0.2) is 36.4 Å². The zero-order chi connectivity index (χ0) is 15.6. The molecule has 2 nitrogen and oxygen atoms in total. The summed E-state index contributed by atoms with van der Waals surface area (Å²) in [5, 5.41) is 0.644. The summed E-state index contributed by atoms with van der Waals surface area (Å²) in [4.78, 5) is 0. The predicted molar refractivity (Wildman–Crippen MR) is 75.9 cm³/mol. The molecule has 0 radical (unpaired) electrons. The van der Waals surface area contributed by atoms with E-state index in [1.807, 2.05) is 0 Å². The molecule has 0 spiro atoms. The fourth-order valence-corrected chi connectivity index (χ4v) is 1.97. The molecule has 0 atom stereocenters. The molecule has 2 N–H and O–H groups in total. The maximum Gasteiger partial charge on any atom is 0.416 e. The fraction of sp³-hybridized carbons (Fsp3) is 0.143. The Kier molecular flexibility index (Phi) is 4.66. The van der Waals surface area contributed by atoms with E-state index < -0.39 is 11.7 Å². The third kappa shape index (κ3) is 3.81. The highest BCUT2D eigenvalue weighted by atomic mass is 35.5. The van der Waals surface area contributed by atoms with Gasteiger partial charge in [-0.1, -0.05) is 23.2 Å². The van der Waals surface area contributed by atoms with Crippen LogP contribution >= 0.6 is 23.2 Å². The standard InChI is InChI=1S/C14H10Cl2F3NO/c15-11-3-2-10(6-12(11)16)21-13-4-1-9(14(17,18)19)5-8(13)7-20/h1-6H,7,20H2. The lowest BCUT2D eigenvalue weighted by Gasteiger charge is -2.13. The highest BCUT2D eigenvalue weighted by Gasteiger charge is 2.31. The van der Waals surface area contributed by atoms with E-state index in [-0.39, 0.29) is 22.9 Å². The van der Waals surface area contributed by atoms with E-state index >= 15 is 0 Å². The zero-order valence-electron chi connectivity index (χ0n) is 10.5. The molecule has 0 amide bonds. The van der Waals surface area contributed by atoms with Crippen LogP contribution in [0.5, 0.6) is 11.5 Å². The van der Waals surface area contributed by atoms with Crippen LogP contribution in [0.3, 0.4) is 0 Å². The molecule has 0 aromatic heterocycles. The molecule has 0 unspecified atom stereocenters. The summed E-state index contributed by atoms with van der Waals surface area (Å²) in [6, 6.07) is 7.70. The van der Waals surface area contributed by atoms with Crippen LogP contribution in [0.1, 0.15) is 11.1 Å². The van der Waals surface area contributed by atoms with Crippen molar-refractivity contribution < 1.29 is 17.9 Å². The van der Waals surface area contributed by atoms with Gasteiger partial charge in [0, 0.05) is 18.2 Å². The van der Waals surface area contributed by atoms with Gasteiger partial charge in [0.25, 0.3) is 0 Å². The Hall–Kier alpha value is -1.43. The molecule has 0 aliphatic heterocycles. The van der Waals surface area contributed by atoms with Crippen molar-refractivity contribution in [2.75, 3.05) is 0 Å². The highest BCUT2D eigenvalue weighted by Crippen LogP contribution is 2.35. The minimum Gasteiger partial charge on any atom is -0.457 e. The molecule has 0 heterocycles. The molecule has 2 rings (SSSR count). The predicted octanol–water partition coefficient (Wildman–Crippen LogP) is 5.26. The van der Waals surface area contributed by atoms with Crippen LogP contribution in [0.4, 0.5) is 13.2 Å². The van der Waals surface area contributed by atoms with E-state index in [1.54, 1.807) is 6.07 Å². The van der Waals surface area contributed by atoms with Crippen LogP contribution in [0, 0.1) is 0 Å². The third-order valence-corrected chi connectivity index (χ3v) is 3.47. The third-order valence-electron chi connectivity index (χ3n) is 2.73. The van der Waals surface area contributed by atoms with E-state index in [9.17, 15) is 13.2 Å². The number of ether oxygens (including phenoxy) is 1. The fourth-order valence-electron chi connectivity index (χ4n) is 1.68. The summed E-state index contributed by atoms with van der Waals surface area (Å²) in [5.74, 6) is 0.600. The first-order valence-electron chi connectivity index (χ1n) is 5.84. The minimum absolute atomic E-state index is 0.0828. The molecule has 0 bridgehead atoms. The van der Waals surface area contributed by atoms with E-state index in [0.29, 0.717) is 10.8 Å². The first kappa shape index (κ1) is 15.9. The number of alkyl halides is 3. The van der Waals surface area contributed by atoms with Gasteiger partial charge in [-0.05, 0) is 30.3 Å². The normalized spacial score (nSPS) is 11.5. The average Bonchev–Trinajstić information content (AvgIpc) is 2.42. The van der Waals surface area contributed by atoms with Gasteiger partial charge in [0.15, 0.2) is 0 Å². The highest BCUT2D eigenvalue weighted by molar-refractivity contribution is 6.42. The minimum atomic E-state index is -4.42. The Morgan fingerprint density at radius 3 is 2.29 bits per heavy atom. The smallest absolute Gasteiger partial charge is 0.416 e. The second-order valence-corrected chi connectivity index (χ2v) is 5.02. The number of halogens is 5. The van der Waals surface area contributed by atoms with Crippen molar-refractivity contribution in [2.24, 2.45) is 5.73 Å². The second-order valence-electron chi connectivity index (χ2n) is 4.20. The summed E-state index contributed by atoms with van der Waals surface area (Å²) in [5.41, 5.74) is 4.95. The zero-order valence-corrected chi connectivity index (χ0v) is 12.1. The van der Waals surface area contributed by atoms with Gasteiger partial charge in [0.2, 0.25) is 0 Å². The molecule has 2 aromatic rings. The molecule has 0 saturated carbocycles. The first-order valence-corrected chi connectivity index (χ1v) is 6.60. The lowest BCUT2D eigenvalue weighted by atomic mass is 10.1. The van der Waals surface area contributed by atoms with Crippen molar-refractivity contribution in [3.63, 3.8) is 0 Å². The maximum atomic E-state index is 12.6. The van der Waals surface area contributed by atoms with Crippen LogP contribution < -0.4 is 10.5 Å². The van der Waals surface area contributed by atoms with Gasteiger partial charge >= 0.3 is 6.18 Å². The molecule has 21 heavy (non-hydrogen) atoms. The maximum absolute atomic E-state index is 12.6. The van der Waals surface area contributed by atoms with E-state index in [0.717, 1.165) is 12.1 Å². The summed E-state index contributed by atoms with van der Waals surface area (Å²) >= 11 is 11.6. The van der Waals surface area contributed by atoms with Gasteiger partial charge in [-0.2, -0.15) is 13.2 Å². The molecule has 0 saturated heterocycles. The van der Waals surface area contributed by atoms with Gasteiger partial charge in [0.05, 0.1) is 15.6 Å². The van der Waals surface area contributed by atoms with Gasteiger partial charge < -0.3 is 10.5 Å². The molecular formula is C14H10Cl2F3NO. The van der Waals surface area contributed by atoms with Crippen molar-refractivity contribution in [2.45, 2.75) is 12.7 Å². The van der Waals surface area contributed by atoms with E-state index in [1.165, 1.54) is 18.2 Å². The molecule has 0 aliphatic rings. The lowest BCUT2D eigenvalue weighted by molar-refractivity contribution is -0.137. The van der Waals surface area contributed by atoms with Crippen LogP contribution in [-0.4, -0.2) is 0 Å². The van der Waals surface area contributed by atoms with Gasteiger partial charge in [-0.15, -0.1) is 0 Å². The summed E-state index contributed by atoms with van der Waals surface area (Å²) in [7, 11) is 0. The molecule has 112 valence electrons. The molecule has 0 aliphatic carbocycles. The lowest BCUT2D eigenvalue weighted by Crippen LogP contribution is -2.08.